The third-order valence-corrected chi connectivity index (χ3v) is 2.60. The summed E-state index contributed by atoms with van der Waals surface area (Å²) in [6.45, 7) is 0.198. The van der Waals surface area contributed by atoms with Gasteiger partial charge in [0.25, 0.3) is 0 Å². The van der Waals surface area contributed by atoms with E-state index >= 15 is 0 Å². The molecule has 1 fully saturated rings. The molecule has 0 spiro atoms. The van der Waals surface area contributed by atoms with Gasteiger partial charge >= 0.3 is 5.97 Å². The number of ether oxygens (including phenoxy) is 2. The minimum absolute atomic E-state index is 0.0477. The van der Waals surface area contributed by atoms with E-state index in [-0.39, 0.29) is 30.7 Å². The Morgan fingerprint density at radius 2 is 2.06 bits per heavy atom. The molecule has 0 aliphatic carbocycles. The summed E-state index contributed by atoms with van der Waals surface area (Å²) >= 11 is 0. The number of carbonyl (C=O) groups is 2. The Hall–Kier alpha value is -1.84. The first-order valence-electron chi connectivity index (χ1n) is 5.04. The highest BCUT2D eigenvalue weighted by atomic mass is 16.5. The molecule has 1 heterocycles. The summed E-state index contributed by atoms with van der Waals surface area (Å²) in [7, 11) is 1.57. The Labute approximate surface area is 93.2 Å². The summed E-state index contributed by atoms with van der Waals surface area (Å²) in [5.41, 5.74) is 0.587. The first-order chi connectivity index (χ1) is 7.70. The molecule has 84 valence electrons. The number of methoxy groups -OCH3 is 1. The van der Waals surface area contributed by atoms with E-state index in [9.17, 15) is 9.59 Å². The van der Waals surface area contributed by atoms with E-state index in [1.807, 2.05) is 0 Å². The van der Waals surface area contributed by atoms with Crippen molar-refractivity contribution in [3.05, 3.63) is 29.8 Å². The van der Waals surface area contributed by atoms with Crippen LogP contribution in [0.25, 0.3) is 0 Å². The number of Topliss-reactive ketones (excluding diaryl/α,β-unsaturated/α-hetero) is 1. The first-order valence-corrected chi connectivity index (χ1v) is 5.04. The van der Waals surface area contributed by atoms with E-state index in [1.165, 1.54) is 0 Å². The predicted octanol–water partition coefficient (Wildman–Crippen LogP) is 1.44. The zero-order valence-corrected chi connectivity index (χ0v) is 8.93. The van der Waals surface area contributed by atoms with E-state index in [0.29, 0.717) is 11.3 Å². The Balaban J connectivity index is 2.11. The average Bonchev–Trinajstić information content (AvgIpc) is 2.75. The molecule has 4 heteroatoms. The van der Waals surface area contributed by atoms with Gasteiger partial charge in [-0.05, 0) is 24.3 Å². The fourth-order valence-electron chi connectivity index (χ4n) is 1.67. The third-order valence-electron chi connectivity index (χ3n) is 2.60. The first kappa shape index (κ1) is 10.7. The van der Waals surface area contributed by atoms with Crippen LogP contribution in [0.2, 0.25) is 0 Å². The van der Waals surface area contributed by atoms with Crippen LogP contribution < -0.4 is 4.74 Å². The fraction of sp³-hybridized carbons (Fsp3) is 0.333. The van der Waals surface area contributed by atoms with E-state index < -0.39 is 0 Å². The summed E-state index contributed by atoms with van der Waals surface area (Å²) in [5, 5.41) is 0. The molecule has 1 aromatic rings. The summed E-state index contributed by atoms with van der Waals surface area (Å²) in [4.78, 5) is 22.8. The molecule has 1 unspecified atom stereocenters. The quantitative estimate of drug-likeness (QED) is 0.571. The molecule has 0 N–H and O–H groups in total. The van der Waals surface area contributed by atoms with E-state index in [0.717, 1.165) is 0 Å². The molecular weight excluding hydrogens is 208 g/mol. The second-order valence-electron chi connectivity index (χ2n) is 3.68. The maximum atomic E-state index is 11.9. The Morgan fingerprint density at radius 3 is 2.56 bits per heavy atom. The van der Waals surface area contributed by atoms with E-state index in [2.05, 4.69) is 0 Å². The number of benzene rings is 1. The second-order valence-corrected chi connectivity index (χ2v) is 3.68. The van der Waals surface area contributed by atoms with Crippen LogP contribution in [0.15, 0.2) is 24.3 Å². The van der Waals surface area contributed by atoms with Crippen molar-refractivity contribution in [3.8, 4) is 5.75 Å². The summed E-state index contributed by atoms with van der Waals surface area (Å²) < 4.78 is 9.77. The van der Waals surface area contributed by atoms with Crippen molar-refractivity contribution >= 4 is 11.8 Å². The molecule has 0 amide bonds. The number of hydrogen-bond donors (Lipinski definition) is 0. The average molecular weight is 220 g/mol. The van der Waals surface area contributed by atoms with Crippen molar-refractivity contribution < 1.29 is 19.1 Å². The number of rotatable bonds is 3. The largest absolute Gasteiger partial charge is 0.497 e. The lowest BCUT2D eigenvalue weighted by molar-refractivity contribution is -0.137. The number of ketones is 1. The molecule has 1 saturated heterocycles. The van der Waals surface area contributed by atoms with Gasteiger partial charge < -0.3 is 9.47 Å². The van der Waals surface area contributed by atoms with Crippen LogP contribution >= 0.6 is 0 Å². The molecule has 16 heavy (non-hydrogen) atoms. The molecular formula is C12H12O4. The smallest absolute Gasteiger partial charge is 0.306 e. The lowest BCUT2D eigenvalue weighted by Gasteiger charge is -2.06. The summed E-state index contributed by atoms with van der Waals surface area (Å²) in [5.74, 6) is 0.0246. The highest BCUT2D eigenvalue weighted by Crippen LogP contribution is 2.21. The number of cyclic esters (lactones) is 1. The van der Waals surface area contributed by atoms with Crippen molar-refractivity contribution in [2.45, 2.75) is 6.42 Å². The molecule has 1 aliphatic rings. The zero-order valence-electron chi connectivity index (χ0n) is 8.93. The van der Waals surface area contributed by atoms with Crippen LogP contribution in [0, 0.1) is 5.92 Å². The molecule has 0 saturated carbocycles. The molecule has 1 atom stereocenters. The van der Waals surface area contributed by atoms with Gasteiger partial charge in [-0.25, -0.2) is 0 Å². The summed E-state index contributed by atoms with van der Waals surface area (Å²) in [6, 6.07) is 6.85. The van der Waals surface area contributed by atoms with Crippen molar-refractivity contribution in [1.82, 2.24) is 0 Å². The maximum absolute atomic E-state index is 11.9. The van der Waals surface area contributed by atoms with Crippen molar-refractivity contribution in [3.63, 3.8) is 0 Å². The van der Waals surface area contributed by atoms with Gasteiger partial charge in [0.15, 0.2) is 5.78 Å². The van der Waals surface area contributed by atoms with Crippen LogP contribution in [0.5, 0.6) is 5.75 Å². The standard InChI is InChI=1S/C12H12O4/c1-15-10-4-2-8(3-5-10)12(14)9-6-11(13)16-7-9/h2-5,9H,6-7H2,1H3. The fourth-order valence-corrected chi connectivity index (χ4v) is 1.67. The Morgan fingerprint density at radius 1 is 1.38 bits per heavy atom. The minimum atomic E-state index is -0.333. The van der Waals surface area contributed by atoms with Gasteiger partial charge in [-0.3, -0.25) is 9.59 Å². The summed E-state index contributed by atoms with van der Waals surface area (Å²) in [6.07, 6.45) is 0.185. The normalized spacial score (nSPS) is 19.3. The number of esters is 1. The van der Waals surface area contributed by atoms with Gasteiger partial charge in [-0.1, -0.05) is 0 Å². The second kappa shape index (κ2) is 4.35. The molecule has 0 radical (unpaired) electrons. The van der Waals surface area contributed by atoms with Crippen molar-refractivity contribution in [2.75, 3.05) is 13.7 Å². The van der Waals surface area contributed by atoms with Crippen LogP contribution in [0.1, 0.15) is 16.8 Å². The van der Waals surface area contributed by atoms with Crippen LogP contribution in [-0.4, -0.2) is 25.5 Å². The van der Waals surface area contributed by atoms with Gasteiger partial charge in [0, 0.05) is 5.56 Å². The lowest BCUT2D eigenvalue weighted by Crippen LogP contribution is -2.14. The Bertz CT molecular complexity index is 408. The van der Waals surface area contributed by atoms with E-state index in [1.54, 1.807) is 31.4 Å². The van der Waals surface area contributed by atoms with Gasteiger partial charge in [0.2, 0.25) is 0 Å². The monoisotopic (exact) mass is 220 g/mol. The van der Waals surface area contributed by atoms with Crippen LogP contribution in [0.4, 0.5) is 0 Å². The van der Waals surface area contributed by atoms with Crippen LogP contribution in [0.3, 0.4) is 0 Å². The van der Waals surface area contributed by atoms with Gasteiger partial charge in [0.05, 0.1) is 19.4 Å². The predicted molar refractivity (Wildman–Crippen MR) is 56.4 cm³/mol. The highest BCUT2D eigenvalue weighted by molar-refractivity contribution is 6.00. The molecule has 1 aliphatic heterocycles. The Kier molecular flexibility index (Phi) is 2.90. The molecule has 1 aromatic carbocycles. The molecule has 2 rings (SSSR count). The topological polar surface area (TPSA) is 52.6 Å². The van der Waals surface area contributed by atoms with Gasteiger partial charge in [0.1, 0.15) is 12.4 Å². The number of hydrogen-bond acceptors (Lipinski definition) is 4. The third kappa shape index (κ3) is 2.05. The number of carbonyl (C=O) groups excluding carboxylic acids is 2. The molecule has 4 nitrogen and oxygen atoms in total. The van der Waals surface area contributed by atoms with Gasteiger partial charge in [-0.15, -0.1) is 0 Å². The van der Waals surface area contributed by atoms with Crippen molar-refractivity contribution in [2.24, 2.45) is 5.92 Å². The SMILES string of the molecule is COc1ccc(C(=O)C2COC(=O)C2)cc1. The van der Waals surface area contributed by atoms with Crippen LogP contribution in [-0.2, 0) is 9.53 Å². The highest BCUT2D eigenvalue weighted by Gasteiger charge is 2.30. The molecule has 0 bridgehead atoms. The van der Waals surface area contributed by atoms with E-state index in [4.69, 9.17) is 9.47 Å². The van der Waals surface area contributed by atoms with Gasteiger partial charge in [-0.2, -0.15) is 0 Å². The molecule has 0 aromatic heterocycles. The maximum Gasteiger partial charge on any atom is 0.306 e. The zero-order chi connectivity index (χ0) is 11.5. The minimum Gasteiger partial charge on any atom is -0.497 e. The van der Waals surface area contributed by atoms with Crippen molar-refractivity contribution in [1.29, 1.82) is 0 Å². The lowest BCUT2D eigenvalue weighted by atomic mass is 9.97.